The Labute approximate surface area is 204 Å². The Balaban J connectivity index is 1.25. The summed E-state index contributed by atoms with van der Waals surface area (Å²) in [4.78, 5) is 32.8. The van der Waals surface area contributed by atoms with Gasteiger partial charge >= 0.3 is 0 Å². The number of benzene rings is 3. The minimum atomic E-state index is -0.249. The van der Waals surface area contributed by atoms with E-state index in [4.69, 9.17) is 4.74 Å². The molecule has 0 saturated carbocycles. The summed E-state index contributed by atoms with van der Waals surface area (Å²) in [7, 11) is 1.63. The van der Waals surface area contributed by atoms with E-state index in [1.54, 1.807) is 19.2 Å². The maximum Gasteiger partial charge on any atom is 0.254 e. The second-order valence-corrected chi connectivity index (χ2v) is 9.24. The van der Waals surface area contributed by atoms with Crippen LogP contribution in [0.3, 0.4) is 0 Å². The maximum atomic E-state index is 13.5. The van der Waals surface area contributed by atoms with Crippen LogP contribution in [-0.2, 0) is 4.79 Å². The maximum absolute atomic E-state index is 13.5. The van der Waals surface area contributed by atoms with E-state index in [1.807, 2.05) is 46.2 Å². The number of ether oxygens (including phenoxy) is 1. The summed E-state index contributed by atoms with van der Waals surface area (Å²) in [5.41, 5.74) is 1.61. The Kier molecular flexibility index (Phi) is 6.57. The number of carbonyl (C=O) groups is 2. The van der Waals surface area contributed by atoms with Gasteiger partial charge in [0.15, 0.2) is 0 Å². The number of halogens is 1. The van der Waals surface area contributed by atoms with Crippen LogP contribution in [0.15, 0.2) is 60.7 Å². The van der Waals surface area contributed by atoms with Gasteiger partial charge in [-0.3, -0.25) is 9.59 Å². The molecule has 6 nitrogen and oxygen atoms in total. The molecule has 7 heteroatoms. The standard InChI is InChI=1S/C28H30FN3O3/c1-35-26-13-12-25(23-6-2-3-7-24(23)26)28(34)32-14-4-5-20(19-32)27(33)31-17-15-30(16-18-31)22-10-8-21(29)9-11-22/h2-3,6-13,20H,4-5,14-19H2,1H3. The second kappa shape index (κ2) is 9.94. The molecule has 2 aliphatic rings. The molecule has 0 bridgehead atoms. The van der Waals surface area contributed by atoms with Crippen LogP contribution < -0.4 is 9.64 Å². The van der Waals surface area contributed by atoms with E-state index in [2.05, 4.69) is 4.90 Å². The van der Waals surface area contributed by atoms with Gasteiger partial charge in [-0.1, -0.05) is 24.3 Å². The lowest BCUT2D eigenvalue weighted by atomic mass is 9.94. The van der Waals surface area contributed by atoms with Gasteiger partial charge in [0.1, 0.15) is 11.6 Å². The van der Waals surface area contributed by atoms with Crippen LogP contribution in [0, 0.1) is 11.7 Å². The minimum absolute atomic E-state index is 0.0394. The number of hydrogen-bond acceptors (Lipinski definition) is 4. The zero-order valence-corrected chi connectivity index (χ0v) is 20.0. The Morgan fingerprint density at radius 1 is 0.857 bits per heavy atom. The Bertz CT molecular complexity index is 1220. The average Bonchev–Trinajstić information content (AvgIpc) is 2.92. The number of hydrogen-bond donors (Lipinski definition) is 0. The first-order valence-electron chi connectivity index (χ1n) is 12.2. The first kappa shape index (κ1) is 23.1. The number of piperidine rings is 1. The van der Waals surface area contributed by atoms with E-state index >= 15 is 0 Å². The van der Waals surface area contributed by atoms with Crippen molar-refractivity contribution in [2.45, 2.75) is 12.8 Å². The van der Waals surface area contributed by atoms with Gasteiger partial charge in [0.25, 0.3) is 5.91 Å². The van der Waals surface area contributed by atoms with Crippen molar-refractivity contribution in [2.75, 3.05) is 51.3 Å². The molecule has 35 heavy (non-hydrogen) atoms. The van der Waals surface area contributed by atoms with Crippen LogP contribution in [-0.4, -0.2) is 68.0 Å². The van der Waals surface area contributed by atoms with Gasteiger partial charge in [0, 0.05) is 55.9 Å². The number of piperazine rings is 1. The molecule has 2 fully saturated rings. The Morgan fingerprint density at radius 2 is 1.57 bits per heavy atom. The number of likely N-dealkylation sites (tertiary alicyclic amines) is 1. The normalized spacial score (nSPS) is 18.6. The number of fused-ring (bicyclic) bond motifs is 1. The van der Waals surface area contributed by atoms with Crippen molar-refractivity contribution in [3.8, 4) is 5.75 Å². The first-order chi connectivity index (χ1) is 17.0. The molecule has 5 rings (SSSR count). The van der Waals surface area contributed by atoms with Crippen LogP contribution >= 0.6 is 0 Å². The van der Waals surface area contributed by atoms with Crippen LogP contribution in [0.1, 0.15) is 23.2 Å². The molecule has 1 unspecified atom stereocenters. The van der Waals surface area contributed by atoms with E-state index in [0.717, 1.165) is 35.1 Å². The molecular weight excluding hydrogens is 445 g/mol. The Morgan fingerprint density at radius 3 is 2.29 bits per heavy atom. The third kappa shape index (κ3) is 4.67. The highest BCUT2D eigenvalue weighted by Gasteiger charge is 2.33. The summed E-state index contributed by atoms with van der Waals surface area (Å²) in [6, 6.07) is 17.9. The summed E-state index contributed by atoms with van der Waals surface area (Å²) in [5.74, 6) is 0.392. The van der Waals surface area contributed by atoms with E-state index in [9.17, 15) is 14.0 Å². The molecular formula is C28H30FN3O3. The van der Waals surface area contributed by atoms with E-state index < -0.39 is 0 Å². The predicted molar refractivity (Wildman–Crippen MR) is 134 cm³/mol. The van der Waals surface area contributed by atoms with Gasteiger partial charge < -0.3 is 19.4 Å². The molecule has 0 aromatic heterocycles. The van der Waals surface area contributed by atoms with Gasteiger partial charge in [-0.05, 0) is 54.6 Å². The lowest BCUT2D eigenvalue weighted by Crippen LogP contribution is -2.53. The SMILES string of the molecule is COc1ccc(C(=O)N2CCCC(C(=O)N3CCN(c4ccc(F)cc4)CC3)C2)c2ccccc12. The van der Waals surface area contributed by atoms with E-state index in [0.29, 0.717) is 44.8 Å². The molecule has 0 aliphatic carbocycles. The predicted octanol–water partition coefficient (Wildman–Crippen LogP) is 4.19. The third-order valence-electron chi connectivity index (χ3n) is 7.18. The van der Waals surface area contributed by atoms with Crippen molar-refractivity contribution in [1.29, 1.82) is 0 Å². The van der Waals surface area contributed by atoms with Crippen molar-refractivity contribution in [2.24, 2.45) is 5.92 Å². The van der Waals surface area contributed by atoms with Gasteiger partial charge in [0.05, 0.1) is 13.0 Å². The number of carbonyl (C=O) groups excluding carboxylic acids is 2. The van der Waals surface area contributed by atoms with Crippen molar-refractivity contribution in [3.05, 3.63) is 72.0 Å². The van der Waals surface area contributed by atoms with Crippen LogP contribution in [0.4, 0.5) is 10.1 Å². The van der Waals surface area contributed by atoms with Crippen molar-refractivity contribution < 1.29 is 18.7 Å². The van der Waals surface area contributed by atoms with Gasteiger partial charge in [-0.25, -0.2) is 4.39 Å². The summed E-state index contributed by atoms with van der Waals surface area (Å²) in [5, 5.41) is 1.77. The molecule has 3 aromatic rings. The highest BCUT2D eigenvalue weighted by atomic mass is 19.1. The number of rotatable bonds is 4. The molecule has 182 valence electrons. The Hall–Kier alpha value is -3.61. The molecule has 2 heterocycles. The highest BCUT2D eigenvalue weighted by Crippen LogP contribution is 2.30. The minimum Gasteiger partial charge on any atom is -0.496 e. The first-order valence-corrected chi connectivity index (χ1v) is 12.2. The van der Waals surface area contributed by atoms with Crippen molar-refractivity contribution in [1.82, 2.24) is 9.80 Å². The van der Waals surface area contributed by atoms with Crippen molar-refractivity contribution in [3.63, 3.8) is 0 Å². The van der Waals surface area contributed by atoms with Crippen molar-refractivity contribution >= 4 is 28.3 Å². The summed E-state index contributed by atoms with van der Waals surface area (Å²) in [6.07, 6.45) is 1.61. The molecule has 0 N–H and O–H groups in total. The lowest BCUT2D eigenvalue weighted by molar-refractivity contribution is -0.137. The number of anilines is 1. The van der Waals surface area contributed by atoms with Crippen LogP contribution in [0.2, 0.25) is 0 Å². The zero-order chi connectivity index (χ0) is 24.4. The molecule has 2 aliphatic heterocycles. The van der Waals surface area contributed by atoms with Gasteiger partial charge in [0.2, 0.25) is 5.91 Å². The van der Waals surface area contributed by atoms with E-state index in [-0.39, 0.29) is 23.5 Å². The number of nitrogens with zero attached hydrogens (tertiary/aromatic N) is 3. The number of amides is 2. The molecule has 2 saturated heterocycles. The summed E-state index contributed by atoms with van der Waals surface area (Å²) < 4.78 is 18.7. The highest BCUT2D eigenvalue weighted by molar-refractivity contribution is 6.08. The average molecular weight is 476 g/mol. The fourth-order valence-corrected chi connectivity index (χ4v) is 5.26. The third-order valence-corrected chi connectivity index (χ3v) is 7.18. The van der Waals surface area contributed by atoms with Gasteiger partial charge in [-0.2, -0.15) is 0 Å². The lowest BCUT2D eigenvalue weighted by Gasteiger charge is -2.39. The quantitative estimate of drug-likeness (QED) is 0.568. The van der Waals surface area contributed by atoms with Crippen LogP contribution in [0.25, 0.3) is 10.8 Å². The fourth-order valence-electron chi connectivity index (χ4n) is 5.26. The molecule has 0 radical (unpaired) electrons. The molecule has 1 atom stereocenters. The number of methoxy groups -OCH3 is 1. The fraction of sp³-hybridized carbons (Fsp3) is 0.357. The molecule has 0 spiro atoms. The van der Waals surface area contributed by atoms with Crippen LogP contribution in [0.5, 0.6) is 5.75 Å². The van der Waals surface area contributed by atoms with E-state index in [1.165, 1.54) is 12.1 Å². The second-order valence-electron chi connectivity index (χ2n) is 9.24. The zero-order valence-electron chi connectivity index (χ0n) is 20.0. The summed E-state index contributed by atoms with van der Waals surface area (Å²) in [6.45, 7) is 3.78. The molecule has 2 amide bonds. The van der Waals surface area contributed by atoms with Gasteiger partial charge in [-0.15, -0.1) is 0 Å². The molecule has 3 aromatic carbocycles. The summed E-state index contributed by atoms with van der Waals surface area (Å²) >= 11 is 0. The largest absolute Gasteiger partial charge is 0.496 e. The smallest absolute Gasteiger partial charge is 0.254 e. The monoisotopic (exact) mass is 475 g/mol. The topological polar surface area (TPSA) is 53.1 Å².